The number of rotatable bonds is 8. The summed E-state index contributed by atoms with van der Waals surface area (Å²) in [5.74, 6) is 6.46. The molecule has 0 spiro atoms. The fraction of sp³-hybridized carbons (Fsp3) is 0.233. The summed E-state index contributed by atoms with van der Waals surface area (Å²) in [6.07, 6.45) is 1.55. The van der Waals surface area contributed by atoms with Crippen LogP contribution < -0.4 is 9.46 Å². The molecule has 39 heavy (non-hydrogen) atoms. The van der Waals surface area contributed by atoms with Crippen LogP contribution in [0.3, 0.4) is 0 Å². The summed E-state index contributed by atoms with van der Waals surface area (Å²) in [7, 11) is -2.17. The van der Waals surface area contributed by atoms with Crippen molar-refractivity contribution >= 4 is 15.9 Å². The maximum absolute atomic E-state index is 12.9. The molecule has 1 N–H and O–H groups in total. The number of methoxy groups -OCH3 is 1. The molecule has 8 nitrogen and oxygen atoms in total. The Morgan fingerprint density at radius 3 is 2.41 bits per heavy atom. The summed E-state index contributed by atoms with van der Waals surface area (Å²) in [5.41, 5.74) is 1.68. The van der Waals surface area contributed by atoms with Crippen molar-refractivity contribution < 1.29 is 27.0 Å². The van der Waals surface area contributed by atoms with Gasteiger partial charge >= 0.3 is 0 Å². The molecule has 0 amide bonds. The molecule has 0 aliphatic carbocycles. The third kappa shape index (κ3) is 6.15. The van der Waals surface area contributed by atoms with Gasteiger partial charge in [-0.15, -0.1) is 0 Å². The normalized spacial score (nSPS) is 14.7. The Kier molecular flexibility index (Phi) is 7.98. The lowest BCUT2D eigenvalue weighted by molar-refractivity contribution is -0.0948. The smallest absolute Gasteiger partial charge is 0.275 e. The van der Waals surface area contributed by atoms with E-state index in [0.717, 1.165) is 18.4 Å². The summed E-state index contributed by atoms with van der Waals surface area (Å²) < 4.78 is 51.4. The first-order chi connectivity index (χ1) is 19.0. The highest BCUT2D eigenvalue weighted by molar-refractivity contribution is 7.92. The molecule has 4 aromatic rings. The highest BCUT2D eigenvalue weighted by Crippen LogP contribution is 2.37. The molecule has 0 radical (unpaired) electrons. The van der Waals surface area contributed by atoms with Gasteiger partial charge in [-0.2, -0.15) is 4.98 Å². The van der Waals surface area contributed by atoms with E-state index in [1.54, 1.807) is 25.3 Å². The second-order valence-electron chi connectivity index (χ2n) is 8.91. The van der Waals surface area contributed by atoms with Crippen LogP contribution in [0.15, 0.2) is 94.2 Å². The zero-order valence-electron chi connectivity index (χ0n) is 21.4. The van der Waals surface area contributed by atoms with Crippen LogP contribution >= 0.6 is 0 Å². The summed E-state index contributed by atoms with van der Waals surface area (Å²) in [6.45, 7) is 1.38. The fourth-order valence-corrected chi connectivity index (χ4v) is 5.44. The number of nitrogens with one attached hydrogen (secondary N) is 1. The van der Waals surface area contributed by atoms with Crippen molar-refractivity contribution in [3.63, 3.8) is 0 Å². The highest BCUT2D eigenvalue weighted by atomic mass is 32.2. The van der Waals surface area contributed by atoms with Gasteiger partial charge < -0.3 is 18.6 Å². The van der Waals surface area contributed by atoms with Gasteiger partial charge in [0, 0.05) is 38.7 Å². The molecule has 200 valence electrons. The summed E-state index contributed by atoms with van der Waals surface area (Å²) in [6, 6.07) is 25.0. The number of aromatic nitrogens is 1. The Labute approximate surface area is 228 Å². The Morgan fingerprint density at radius 1 is 0.974 bits per heavy atom. The van der Waals surface area contributed by atoms with Gasteiger partial charge in [0.05, 0.1) is 10.5 Å². The standard InChI is InChI=1S/C30H28N2O6S/c1-35-30(17-20-36-21-18-30)24-12-8-13-25(22-24)37-19-9-16-27-31-28(23-10-4-2-5-11-23)29(38-27)32-39(33,34)26-14-6-3-7-15-26/h2-8,10-15,22,32H,17-21H2,1H3. The van der Waals surface area contributed by atoms with Gasteiger partial charge in [0.2, 0.25) is 5.88 Å². The number of sulfonamides is 1. The van der Waals surface area contributed by atoms with Crippen molar-refractivity contribution in [2.75, 3.05) is 31.7 Å². The van der Waals surface area contributed by atoms with Crippen LogP contribution in [0.25, 0.3) is 11.3 Å². The number of anilines is 1. The minimum absolute atomic E-state index is 0.00991. The molecule has 1 aliphatic heterocycles. The Hall–Kier alpha value is -4.10. The summed E-state index contributed by atoms with van der Waals surface area (Å²) in [5, 5.41) is 0. The lowest BCUT2D eigenvalue weighted by Crippen LogP contribution is -2.35. The van der Waals surface area contributed by atoms with Gasteiger partial charge in [-0.1, -0.05) is 66.6 Å². The zero-order valence-corrected chi connectivity index (χ0v) is 22.2. The molecule has 0 bridgehead atoms. The second-order valence-corrected chi connectivity index (χ2v) is 10.6. The molecule has 3 aromatic carbocycles. The van der Waals surface area contributed by atoms with Crippen molar-refractivity contribution in [2.45, 2.75) is 23.3 Å². The van der Waals surface area contributed by atoms with Crippen LogP contribution in [0.4, 0.5) is 5.88 Å². The van der Waals surface area contributed by atoms with Gasteiger partial charge in [-0.05, 0) is 35.7 Å². The van der Waals surface area contributed by atoms with E-state index in [1.807, 2.05) is 54.6 Å². The fourth-order valence-electron chi connectivity index (χ4n) is 4.43. The number of benzene rings is 3. The van der Waals surface area contributed by atoms with E-state index in [-0.39, 0.29) is 23.3 Å². The topological polar surface area (TPSA) is 99.9 Å². The van der Waals surface area contributed by atoms with Crippen molar-refractivity contribution in [1.29, 1.82) is 0 Å². The van der Waals surface area contributed by atoms with E-state index in [9.17, 15) is 8.42 Å². The number of hydrogen-bond donors (Lipinski definition) is 1. The van der Waals surface area contributed by atoms with E-state index in [4.69, 9.17) is 18.6 Å². The van der Waals surface area contributed by atoms with Crippen LogP contribution in [-0.2, 0) is 25.1 Å². The van der Waals surface area contributed by atoms with Crippen LogP contribution in [-0.4, -0.2) is 40.3 Å². The lowest BCUT2D eigenvalue weighted by atomic mass is 9.86. The Bertz CT molecular complexity index is 1570. The van der Waals surface area contributed by atoms with Crippen LogP contribution in [0.1, 0.15) is 24.3 Å². The first-order valence-corrected chi connectivity index (χ1v) is 14.0. The molecule has 9 heteroatoms. The van der Waals surface area contributed by atoms with Gasteiger partial charge in [-0.3, -0.25) is 0 Å². The number of hydrogen-bond acceptors (Lipinski definition) is 7. The minimum Gasteiger partial charge on any atom is -0.481 e. The first kappa shape index (κ1) is 26.5. The molecule has 1 aliphatic rings. The largest absolute Gasteiger partial charge is 0.481 e. The van der Waals surface area contributed by atoms with Gasteiger partial charge in [-0.25, -0.2) is 13.1 Å². The van der Waals surface area contributed by atoms with Crippen molar-refractivity contribution in [1.82, 2.24) is 4.98 Å². The molecule has 1 saturated heterocycles. The van der Waals surface area contributed by atoms with Gasteiger partial charge in [0.25, 0.3) is 15.9 Å². The molecule has 5 rings (SSSR count). The van der Waals surface area contributed by atoms with E-state index in [0.29, 0.717) is 30.2 Å². The first-order valence-electron chi connectivity index (χ1n) is 12.5. The maximum atomic E-state index is 12.9. The molecule has 0 unspecified atom stereocenters. The van der Waals surface area contributed by atoms with E-state index in [1.165, 1.54) is 12.1 Å². The van der Waals surface area contributed by atoms with Crippen molar-refractivity contribution in [3.05, 3.63) is 96.4 Å². The molecular weight excluding hydrogens is 516 g/mol. The number of nitrogens with zero attached hydrogens (tertiary/aromatic N) is 1. The van der Waals surface area contributed by atoms with E-state index >= 15 is 0 Å². The second kappa shape index (κ2) is 11.7. The molecule has 2 heterocycles. The summed E-state index contributed by atoms with van der Waals surface area (Å²) in [4.78, 5) is 4.56. The minimum atomic E-state index is -3.89. The SMILES string of the molecule is COC1(c2cccc(OCC#Cc3nc(-c4ccccc4)c(NS(=O)(=O)c4ccccc4)o3)c2)CCOCC1. The monoisotopic (exact) mass is 544 g/mol. The third-order valence-corrected chi connectivity index (χ3v) is 7.86. The quantitative estimate of drug-likeness (QED) is 0.304. The molecule has 1 aromatic heterocycles. The molecule has 1 fully saturated rings. The molecular formula is C30H28N2O6S. The lowest BCUT2D eigenvalue weighted by Gasteiger charge is -2.36. The van der Waals surface area contributed by atoms with Crippen LogP contribution in [0.5, 0.6) is 5.75 Å². The summed E-state index contributed by atoms with van der Waals surface area (Å²) >= 11 is 0. The number of ether oxygens (including phenoxy) is 3. The van der Waals surface area contributed by atoms with Gasteiger partial charge in [0.1, 0.15) is 18.1 Å². The zero-order chi connectivity index (χ0) is 27.1. The predicted molar refractivity (Wildman–Crippen MR) is 147 cm³/mol. The maximum Gasteiger partial charge on any atom is 0.275 e. The van der Waals surface area contributed by atoms with Crippen molar-refractivity contribution in [2.24, 2.45) is 0 Å². The molecule has 0 saturated carbocycles. The Morgan fingerprint density at radius 2 is 1.69 bits per heavy atom. The van der Waals surface area contributed by atoms with E-state index in [2.05, 4.69) is 21.5 Å². The average Bonchev–Trinajstić information content (AvgIpc) is 3.38. The van der Waals surface area contributed by atoms with E-state index < -0.39 is 15.6 Å². The van der Waals surface area contributed by atoms with Gasteiger partial charge in [0.15, 0.2) is 0 Å². The van der Waals surface area contributed by atoms with Crippen LogP contribution in [0.2, 0.25) is 0 Å². The van der Waals surface area contributed by atoms with Crippen LogP contribution in [0, 0.1) is 11.8 Å². The average molecular weight is 545 g/mol. The predicted octanol–water partition coefficient (Wildman–Crippen LogP) is 5.23. The van der Waals surface area contributed by atoms with Crippen molar-refractivity contribution in [3.8, 4) is 28.8 Å². The third-order valence-electron chi connectivity index (χ3n) is 6.51. The Balaban J connectivity index is 1.34. The highest BCUT2D eigenvalue weighted by Gasteiger charge is 2.34. The number of oxazole rings is 1. The molecule has 0 atom stereocenters.